The van der Waals surface area contributed by atoms with Crippen LogP contribution in [0, 0.1) is 6.54 Å². The molecule has 12 heteroatoms. The molecule has 1 aromatic carbocycles. The zero-order valence-corrected chi connectivity index (χ0v) is 26.9. The number of morpholine rings is 1. The molecule has 2 fully saturated rings. The van der Waals surface area contributed by atoms with Crippen molar-refractivity contribution in [3.8, 4) is 11.8 Å². The molecular formula is C27H36ClKN6O4. The smallest absolute Gasteiger partial charge is 0.508 e. The van der Waals surface area contributed by atoms with Gasteiger partial charge in [0.15, 0.2) is 0 Å². The van der Waals surface area contributed by atoms with E-state index in [0.717, 1.165) is 16.8 Å². The number of ether oxygens (including phenoxy) is 2. The Morgan fingerprint density at radius 1 is 1.33 bits per heavy atom. The summed E-state index contributed by atoms with van der Waals surface area (Å²) in [4.78, 5) is 27.3. The van der Waals surface area contributed by atoms with E-state index >= 15 is 0 Å². The monoisotopic (exact) mass is 582 g/mol. The van der Waals surface area contributed by atoms with Gasteiger partial charge < -0.3 is 29.7 Å². The van der Waals surface area contributed by atoms with Gasteiger partial charge >= 0.3 is 57.4 Å². The second-order valence-corrected chi connectivity index (χ2v) is 10.0. The number of carbonyl (C=O) groups is 1. The number of phenols is 1. The quantitative estimate of drug-likeness (QED) is 0.267. The van der Waals surface area contributed by atoms with E-state index in [4.69, 9.17) is 21.1 Å². The minimum absolute atomic E-state index is 0. The number of likely N-dealkylation sites (tertiary alicyclic amines) is 1. The van der Waals surface area contributed by atoms with Crippen LogP contribution in [0.5, 0.6) is 11.8 Å². The molecule has 0 saturated carbocycles. The van der Waals surface area contributed by atoms with Gasteiger partial charge in [-0.05, 0) is 62.8 Å². The average molecular weight is 583 g/mol. The van der Waals surface area contributed by atoms with Gasteiger partial charge in [0.2, 0.25) is 5.91 Å². The van der Waals surface area contributed by atoms with E-state index in [1.807, 2.05) is 0 Å². The number of methoxy groups -OCH3 is 1. The first-order valence-electron chi connectivity index (χ1n) is 12.8. The molecule has 1 amide bonds. The molecule has 2 N–H and O–H groups in total. The topological polar surface area (TPSA) is 103 Å². The molecular weight excluding hydrogens is 547 g/mol. The summed E-state index contributed by atoms with van der Waals surface area (Å²) in [5.41, 5.74) is 2.66. The zero-order chi connectivity index (χ0) is 27.1. The third kappa shape index (κ3) is 8.85. The summed E-state index contributed by atoms with van der Waals surface area (Å²) in [6.07, 6.45) is 4.12. The molecule has 0 bridgehead atoms. The van der Waals surface area contributed by atoms with Crippen molar-refractivity contribution >= 4 is 23.3 Å². The average Bonchev–Trinajstić information content (AvgIpc) is 3.57. The van der Waals surface area contributed by atoms with Gasteiger partial charge in [-0.2, -0.15) is 9.97 Å². The fourth-order valence-electron chi connectivity index (χ4n) is 4.76. The van der Waals surface area contributed by atoms with E-state index in [2.05, 4.69) is 38.7 Å². The van der Waals surface area contributed by atoms with E-state index in [1.165, 1.54) is 39.1 Å². The number of rotatable bonds is 7. The number of anilines is 1. The second-order valence-electron chi connectivity index (χ2n) is 9.62. The Morgan fingerprint density at radius 2 is 2.10 bits per heavy atom. The molecule has 5 rings (SSSR count). The van der Waals surface area contributed by atoms with Gasteiger partial charge in [0.25, 0.3) is 0 Å². The number of hydrogen-bond donors (Lipinski definition) is 2. The number of phenolic OH excluding ortho intramolecular Hbond substituents is 1. The minimum Gasteiger partial charge on any atom is -0.508 e. The van der Waals surface area contributed by atoms with Crippen LogP contribution in [-0.4, -0.2) is 88.7 Å². The maximum atomic E-state index is 12.2. The summed E-state index contributed by atoms with van der Waals surface area (Å²) in [7, 11) is 3.70. The van der Waals surface area contributed by atoms with Crippen LogP contribution < -0.4 is 61.4 Å². The van der Waals surface area contributed by atoms with E-state index in [0.29, 0.717) is 50.2 Å². The summed E-state index contributed by atoms with van der Waals surface area (Å²) < 4.78 is 10.8. The fraction of sp³-hybridized carbons (Fsp3) is 0.481. The van der Waals surface area contributed by atoms with Crippen LogP contribution in [0.4, 0.5) is 5.82 Å². The molecule has 1 unspecified atom stereocenters. The molecule has 2 saturated heterocycles. The molecule has 0 aliphatic carbocycles. The molecule has 10 nitrogen and oxygen atoms in total. The minimum atomic E-state index is -0.186. The second kappa shape index (κ2) is 15.6. The van der Waals surface area contributed by atoms with Crippen LogP contribution in [0.25, 0.3) is 0 Å². The molecule has 0 radical (unpaired) electrons. The largest absolute Gasteiger partial charge is 1.00 e. The number of amides is 1. The first-order chi connectivity index (χ1) is 18.4. The number of nitrogens with one attached hydrogen (secondary N) is 1. The number of aromatic hydroxyl groups is 1. The van der Waals surface area contributed by atoms with Crippen LogP contribution in [0.1, 0.15) is 29.7 Å². The van der Waals surface area contributed by atoms with Crippen LogP contribution in [-0.2, 0) is 29.2 Å². The Morgan fingerprint density at radius 3 is 2.77 bits per heavy atom. The molecule has 3 aliphatic heterocycles. The van der Waals surface area contributed by atoms with Crippen LogP contribution in [0.2, 0.25) is 5.02 Å². The molecule has 1 atom stereocenters. The number of halogens is 1. The summed E-state index contributed by atoms with van der Waals surface area (Å²) in [6.45, 7) is 10.9. The molecule has 39 heavy (non-hydrogen) atoms. The van der Waals surface area contributed by atoms with Crippen molar-refractivity contribution in [2.45, 2.75) is 38.5 Å². The number of aromatic nitrogens is 2. The van der Waals surface area contributed by atoms with Crippen molar-refractivity contribution in [3.63, 3.8) is 0 Å². The van der Waals surface area contributed by atoms with Crippen molar-refractivity contribution in [1.82, 2.24) is 24.7 Å². The number of hydrogen-bond acceptors (Lipinski definition) is 9. The van der Waals surface area contributed by atoms with Gasteiger partial charge in [-0.15, -0.1) is 0 Å². The zero-order valence-electron chi connectivity index (χ0n) is 23.0. The third-order valence-corrected chi connectivity index (χ3v) is 7.16. The molecule has 1 aromatic heterocycles. The number of benzene rings is 1. The summed E-state index contributed by atoms with van der Waals surface area (Å²) in [5, 5.41) is 13.7. The maximum Gasteiger partial charge on any atom is 1.00 e. The Kier molecular flexibility index (Phi) is 12.9. The van der Waals surface area contributed by atoms with Gasteiger partial charge in [-0.25, -0.2) is 6.54 Å². The molecule has 4 heterocycles. The standard InChI is InChI=1S/C22H25ClN5O4.C5H11N.K/c1-3-20(30)28-6-7-32-13-15(28)9-24-21-17-11-27(12-19(17)25-22(26-21)31-2)10-14-8-16(29)4-5-18(14)23;1-6-4-2-3-5-6;/h3-6,8,15,29H,1,7,9-13H2,2H3,(H,24,25,26);2-5H2,1H3;/q-1;;+1. The summed E-state index contributed by atoms with van der Waals surface area (Å²) >= 11 is 6.30. The van der Waals surface area contributed by atoms with Crippen molar-refractivity contribution in [2.75, 3.05) is 52.3 Å². The van der Waals surface area contributed by atoms with Gasteiger partial charge in [0.05, 0.1) is 19.4 Å². The first-order valence-corrected chi connectivity index (χ1v) is 13.2. The first kappa shape index (κ1) is 32.2. The van der Waals surface area contributed by atoms with E-state index in [-0.39, 0.29) is 75.1 Å². The maximum absolute atomic E-state index is 12.2. The Labute approximate surface area is 278 Å². The third-order valence-electron chi connectivity index (χ3n) is 6.79. The van der Waals surface area contributed by atoms with Gasteiger partial charge in [0, 0.05) is 42.8 Å². The van der Waals surface area contributed by atoms with Gasteiger partial charge in [0.1, 0.15) is 11.6 Å². The SMILES string of the molecule is C=CC(=O)N1[CH-]COCC1CNc1nc(OC)nc2c1CN(Cc1cc(O)ccc1Cl)C2.CN1CCCC1.[K+]. The Hall–Kier alpha value is -1.28. The molecule has 2 aromatic rings. The molecule has 0 spiro atoms. The van der Waals surface area contributed by atoms with Crippen molar-refractivity contribution in [3.05, 3.63) is 59.2 Å². The van der Waals surface area contributed by atoms with Gasteiger partial charge in [-0.1, -0.05) is 24.8 Å². The van der Waals surface area contributed by atoms with Crippen molar-refractivity contribution in [1.29, 1.82) is 0 Å². The summed E-state index contributed by atoms with van der Waals surface area (Å²) in [5.74, 6) is 0.669. The normalized spacial score (nSPS) is 18.9. The van der Waals surface area contributed by atoms with E-state index in [9.17, 15) is 9.90 Å². The fourth-order valence-corrected chi connectivity index (χ4v) is 4.93. The number of nitrogens with zero attached hydrogens (tertiary/aromatic N) is 5. The van der Waals surface area contributed by atoms with E-state index in [1.54, 1.807) is 29.6 Å². The predicted octanol–water partition coefficient (Wildman–Crippen LogP) is 0.0631. The van der Waals surface area contributed by atoms with E-state index < -0.39 is 0 Å². The van der Waals surface area contributed by atoms with Crippen LogP contribution in [0.3, 0.4) is 0 Å². The summed E-state index contributed by atoms with van der Waals surface area (Å²) in [6, 6.07) is 5.01. The Bertz CT molecular complexity index is 1130. The number of fused-ring (bicyclic) bond motifs is 1. The van der Waals surface area contributed by atoms with Crippen molar-refractivity contribution < 1.29 is 70.8 Å². The van der Waals surface area contributed by atoms with Crippen LogP contribution >= 0.6 is 11.6 Å². The number of carbonyl (C=O) groups excluding carboxylic acids is 1. The van der Waals surface area contributed by atoms with Gasteiger partial charge in [-0.3, -0.25) is 9.69 Å². The predicted molar refractivity (Wildman–Crippen MR) is 146 cm³/mol. The molecule has 3 aliphatic rings. The van der Waals surface area contributed by atoms with Crippen LogP contribution in [0.15, 0.2) is 30.9 Å². The Balaban J connectivity index is 0.000000531. The van der Waals surface area contributed by atoms with Crippen molar-refractivity contribution in [2.24, 2.45) is 0 Å². The molecule has 206 valence electrons.